The normalized spacial score (nSPS) is 12.7. The van der Waals surface area contributed by atoms with E-state index >= 15 is 0 Å². The van der Waals surface area contributed by atoms with E-state index in [4.69, 9.17) is 0 Å². The van der Waals surface area contributed by atoms with Crippen molar-refractivity contribution in [2.75, 3.05) is 0 Å². The van der Waals surface area contributed by atoms with Crippen molar-refractivity contribution in [3.8, 4) is 0 Å². The molecule has 5 heteroatoms. The third kappa shape index (κ3) is 2.62. The van der Waals surface area contributed by atoms with Crippen LogP contribution in [0.5, 0.6) is 0 Å². The van der Waals surface area contributed by atoms with Crippen molar-refractivity contribution in [3.05, 3.63) is 39.9 Å². The van der Waals surface area contributed by atoms with Crippen molar-refractivity contribution in [2.45, 2.75) is 26.4 Å². The van der Waals surface area contributed by atoms with Gasteiger partial charge in [0, 0.05) is 23.7 Å². The molecule has 84 valence electrons. The second-order valence-electron chi connectivity index (χ2n) is 3.69. The van der Waals surface area contributed by atoms with Crippen molar-refractivity contribution in [1.82, 2.24) is 15.0 Å². The van der Waals surface area contributed by atoms with Gasteiger partial charge >= 0.3 is 0 Å². The molecule has 1 N–H and O–H groups in total. The van der Waals surface area contributed by atoms with Crippen LogP contribution in [0.25, 0.3) is 0 Å². The number of aliphatic hydroxyl groups is 1. The molecule has 2 rings (SSSR count). The molecule has 2 aromatic rings. The molecule has 0 bridgehead atoms. The van der Waals surface area contributed by atoms with E-state index in [-0.39, 0.29) is 0 Å². The standard InChI is InChI=1S/C11H13N3OS/c1-7-4-13-9(5-12-7)10(15)3-11-14-8(2)6-16-11/h4-6,10,15H,3H2,1-2H3. The van der Waals surface area contributed by atoms with E-state index < -0.39 is 6.10 Å². The number of hydrogen-bond acceptors (Lipinski definition) is 5. The van der Waals surface area contributed by atoms with Crippen LogP contribution in [0.3, 0.4) is 0 Å². The molecule has 0 saturated carbocycles. The molecular formula is C11H13N3OS. The number of hydrogen-bond donors (Lipinski definition) is 1. The molecule has 1 atom stereocenters. The Bertz CT molecular complexity index is 466. The van der Waals surface area contributed by atoms with Crippen LogP contribution >= 0.6 is 11.3 Å². The average molecular weight is 235 g/mol. The molecule has 16 heavy (non-hydrogen) atoms. The van der Waals surface area contributed by atoms with E-state index in [2.05, 4.69) is 15.0 Å². The van der Waals surface area contributed by atoms with Gasteiger partial charge in [0.1, 0.15) is 6.10 Å². The minimum atomic E-state index is -0.626. The predicted molar refractivity (Wildman–Crippen MR) is 62.3 cm³/mol. The second-order valence-corrected chi connectivity index (χ2v) is 4.63. The first-order valence-electron chi connectivity index (χ1n) is 5.03. The summed E-state index contributed by atoms with van der Waals surface area (Å²) in [4.78, 5) is 12.6. The number of aromatic nitrogens is 3. The monoisotopic (exact) mass is 235 g/mol. The summed E-state index contributed by atoms with van der Waals surface area (Å²) in [5, 5.41) is 12.8. The fourth-order valence-corrected chi connectivity index (χ4v) is 2.15. The zero-order valence-electron chi connectivity index (χ0n) is 9.21. The molecule has 0 aliphatic heterocycles. The maximum atomic E-state index is 9.94. The number of thiazole rings is 1. The summed E-state index contributed by atoms with van der Waals surface area (Å²) >= 11 is 1.56. The highest BCUT2D eigenvalue weighted by atomic mass is 32.1. The van der Waals surface area contributed by atoms with E-state index in [0.29, 0.717) is 12.1 Å². The number of nitrogens with zero attached hydrogens (tertiary/aromatic N) is 3. The van der Waals surface area contributed by atoms with E-state index in [1.807, 2.05) is 19.2 Å². The molecule has 0 fully saturated rings. The van der Waals surface area contributed by atoms with Gasteiger partial charge in [0.15, 0.2) is 0 Å². The lowest BCUT2D eigenvalue weighted by Gasteiger charge is -2.07. The van der Waals surface area contributed by atoms with Crippen LogP contribution in [0, 0.1) is 13.8 Å². The lowest BCUT2D eigenvalue weighted by molar-refractivity contribution is 0.173. The maximum Gasteiger partial charge on any atom is 0.104 e. The maximum absolute atomic E-state index is 9.94. The second kappa shape index (κ2) is 4.67. The Morgan fingerprint density at radius 3 is 2.62 bits per heavy atom. The minimum Gasteiger partial charge on any atom is -0.386 e. The Kier molecular flexibility index (Phi) is 3.26. The topological polar surface area (TPSA) is 58.9 Å². The van der Waals surface area contributed by atoms with Crippen LogP contribution in [-0.2, 0) is 6.42 Å². The zero-order valence-corrected chi connectivity index (χ0v) is 10.0. The number of aryl methyl sites for hydroxylation is 2. The number of rotatable bonds is 3. The van der Waals surface area contributed by atoms with Gasteiger partial charge < -0.3 is 5.11 Å². The molecule has 0 spiro atoms. The van der Waals surface area contributed by atoms with Gasteiger partial charge in [-0.3, -0.25) is 9.97 Å². The lowest BCUT2D eigenvalue weighted by Crippen LogP contribution is -2.05. The Morgan fingerprint density at radius 2 is 2.06 bits per heavy atom. The van der Waals surface area contributed by atoms with Crippen molar-refractivity contribution < 1.29 is 5.11 Å². The zero-order chi connectivity index (χ0) is 11.5. The first kappa shape index (κ1) is 11.2. The summed E-state index contributed by atoms with van der Waals surface area (Å²) in [6.07, 6.45) is 3.14. The summed E-state index contributed by atoms with van der Waals surface area (Å²) in [5.74, 6) is 0. The third-order valence-corrected chi connectivity index (χ3v) is 3.17. The predicted octanol–water partition coefficient (Wildman–Crippen LogP) is 1.83. The molecule has 2 heterocycles. The summed E-state index contributed by atoms with van der Waals surface area (Å²) < 4.78 is 0. The van der Waals surface area contributed by atoms with Gasteiger partial charge in [-0.05, 0) is 13.8 Å². The Labute approximate surface area is 98.0 Å². The summed E-state index contributed by atoms with van der Waals surface area (Å²) in [6, 6.07) is 0. The molecule has 0 saturated heterocycles. The first-order valence-corrected chi connectivity index (χ1v) is 5.91. The molecule has 0 amide bonds. The van der Waals surface area contributed by atoms with Crippen molar-refractivity contribution >= 4 is 11.3 Å². The fourth-order valence-electron chi connectivity index (χ4n) is 1.34. The van der Waals surface area contributed by atoms with E-state index in [1.165, 1.54) is 0 Å². The van der Waals surface area contributed by atoms with Crippen LogP contribution in [0.1, 0.15) is 28.2 Å². The van der Waals surface area contributed by atoms with Gasteiger partial charge in [-0.1, -0.05) is 0 Å². The SMILES string of the molecule is Cc1cnc(C(O)Cc2nc(C)cs2)cn1. The molecule has 0 aliphatic carbocycles. The van der Waals surface area contributed by atoms with E-state index in [1.54, 1.807) is 23.7 Å². The Hall–Kier alpha value is -1.33. The highest BCUT2D eigenvalue weighted by molar-refractivity contribution is 7.09. The molecule has 0 aromatic carbocycles. The highest BCUT2D eigenvalue weighted by Crippen LogP contribution is 2.18. The molecule has 1 unspecified atom stereocenters. The van der Waals surface area contributed by atoms with Crippen LogP contribution in [-0.4, -0.2) is 20.1 Å². The molecular weight excluding hydrogens is 222 g/mol. The molecule has 0 radical (unpaired) electrons. The van der Waals surface area contributed by atoms with Gasteiger partial charge in [-0.15, -0.1) is 11.3 Å². The van der Waals surface area contributed by atoms with Gasteiger partial charge in [0.2, 0.25) is 0 Å². The van der Waals surface area contributed by atoms with Gasteiger partial charge in [0.05, 0.1) is 22.6 Å². The van der Waals surface area contributed by atoms with Gasteiger partial charge in [-0.2, -0.15) is 0 Å². The van der Waals surface area contributed by atoms with Crippen LogP contribution in [0.4, 0.5) is 0 Å². The smallest absolute Gasteiger partial charge is 0.104 e. The van der Waals surface area contributed by atoms with Crippen molar-refractivity contribution in [1.29, 1.82) is 0 Å². The number of aliphatic hydroxyl groups excluding tert-OH is 1. The average Bonchev–Trinajstić information content (AvgIpc) is 2.65. The molecule has 0 aliphatic rings. The Balaban J connectivity index is 2.08. The van der Waals surface area contributed by atoms with Crippen LogP contribution < -0.4 is 0 Å². The lowest BCUT2D eigenvalue weighted by atomic mass is 10.2. The van der Waals surface area contributed by atoms with Crippen LogP contribution in [0.2, 0.25) is 0 Å². The quantitative estimate of drug-likeness (QED) is 0.881. The van der Waals surface area contributed by atoms with Crippen LogP contribution in [0.15, 0.2) is 17.8 Å². The third-order valence-electron chi connectivity index (χ3n) is 2.18. The van der Waals surface area contributed by atoms with Gasteiger partial charge in [0.25, 0.3) is 0 Å². The highest BCUT2D eigenvalue weighted by Gasteiger charge is 2.12. The Morgan fingerprint density at radius 1 is 1.25 bits per heavy atom. The van der Waals surface area contributed by atoms with Gasteiger partial charge in [-0.25, -0.2) is 4.98 Å². The summed E-state index contributed by atoms with van der Waals surface area (Å²) in [6.45, 7) is 3.81. The summed E-state index contributed by atoms with van der Waals surface area (Å²) in [5.41, 5.74) is 2.43. The first-order chi connectivity index (χ1) is 7.65. The minimum absolute atomic E-state index is 0.496. The van der Waals surface area contributed by atoms with Crippen molar-refractivity contribution in [3.63, 3.8) is 0 Å². The van der Waals surface area contributed by atoms with Crippen molar-refractivity contribution in [2.24, 2.45) is 0 Å². The van der Waals surface area contributed by atoms with E-state index in [0.717, 1.165) is 16.4 Å². The van der Waals surface area contributed by atoms with E-state index in [9.17, 15) is 5.11 Å². The molecule has 2 aromatic heterocycles. The largest absolute Gasteiger partial charge is 0.386 e. The summed E-state index contributed by atoms with van der Waals surface area (Å²) in [7, 11) is 0. The fraction of sp³-hybridized carbons (Fsp3) is 0.364. The molecule has 4 nitrogen and oxygen atoms in total.